The molecular weight excluding hydrogens is 164 g/mol. The minimum absolute atomic E-state index is 0.259. The summed E-state index contributed by atoms with van der Waals surface area (Å²) in [5, 5.41) is 12.3. The predicted octanol–water partition coefficient (Wildman–Crippen LogP) is 0.787. The fourth-order valence-corrected chi connectivity index (χ4v) is 1.85. The molecule has 0 aromatic carbocycles. The Morgan fingerprint density at radius 1 is 1.46 bits per heavy atom. The number of rotatable bonds is 2. The van der Waals surface area contributed by atoms with Gasteiger partial charge in [0.05, 0.1) is 0 Å². The van der Waals surface area contributed by atoms with Crippen molar-refractivity contribution in [3.8, 4) is 0 Å². The van der Waals surface area contributed by atoms with E-state index in [1.54, 1.807) is 6.92 Å². The van der Waals surface area contributed by atoms with Crippen LogP contribution in [0.3, 0.4) is 0 Å². The maximum atomic E-state index is 9.17. The van der Waals surface area contributed by atoms with Gasteiger partial charge >= 0.3 is 0 Å². The normalized spacial score (nSPS) is 27.9. The van der Waals surface area contributed by atoms with E-state index in [-0.39, 0.29) is 11.8 Å². The minimum Gasteiger partial charge on any atom is -0.379 e. The van der Waals surface area contributed by atoms with Crippen LogP contribution >= 0.6 is 0 Å². The molecule has 0 aromatic rings. The number of nitrogens with one attached hydrogen (secondary N) is 1. The zero-order valence-corrected chi connectivity index (χ0v) is 9.17. The van der Waals surface area contributed by atoms with Crippen molar-refractivity contribution in [2.24, 2.45) is 0 Å². The van der Waals surface area contributed by atoms with Gasteiger partial charge in [-0.15, -0.1) is 0 Å². The summed E-state index contributed by atoms with van der Waals surface area (Å²) < 4.78 is 0. The third-order valence-electron chi connectivity index (χ3n) is 2.61. The van der Waals surface area contributed by atoms with Crippen LogP contribution < -0.4 is 5.32 Å². The molecule has 3 nitrogen and oxygen atoms in total. The standard InChI is InChI=1S/C10H22N2O/c1-8(13)11-9-5-6-12(7-9)10(2,3)4/h8-9,11,13H,5-7H2,1-4H3. The molecular formula is C10H22N2O. The van der Waals surface area contributed by atoms with Gasteiger partial charge in [0.25, 0.3) is 0 Å². The third kappa shape index (κ3) is 3.25. The molecule has 1 rings (SSSR count). The van der Waals surface area contributed by atoms with E-state index in [2.05, 4.69) is 31.0 Å². The van der Waals surface area contributed by atoms with E-state index in [9.17, 15) is 5.11 Å². The molecule has 1 aliphatic rings. The lowest BCUT2D eigenvalue weighted by Gasteiger charge is -2.31. The molecule has 0 aliphatic carbocycles. The molecule has 1 saturated heterocycles. The monoisotopic (exact) mass is 186 g/mol. The molecule has 2 atom stereocenters. The number of likely N-dealkylation sites (tertiary alicyclic amines) is 1. The van der Waals surface area contributed by atoms with Gasteiger partial charge in [0, 0.05) is 24.7 Å². The van der Waals surface area contributed by atoms with E-state index in [0.717, 1.165) is 19.5 Å². The second kappa shape index (κ2) is 3.95. The predicted molar refractivity (Wildman–Crippen MR) is 54.5 cm³/mol. The van der Waals surface area contributed by atoms with Crippen LogP contribution in [-0.4, -0.2) is 40.9 Å². The Hall–Kier alpha value is -0.120. The smallest absolute Gasteiger partial charge is 0.102 e. The molecule has 1 heterocycles. The van der Waals surface area contributed by atoms with Gasteiger partial charge in [-0.05, 0) is 34.1 Å². The summed E-state index contributed by atoms with van der Waals surface area (Å²) in [6, 6.07) is 0.458. The molecule has 2 N–H and O–H groups in total. The molecule has 1 aliphatic heterocycles. The second-order valence-electron chi connectivity index (χ2n) is 4.95. The first kappa shape index (κ1) is 11.0. The average molecular weight is 186 g/mol. The number of aliphatic hydroxyl groups excluding tert-OH is 1. The second-order valence-corrected chi connectivity index (χ2v) is 4.95. The fraction of sp³-hybridized carbons (Fsp3) is 1.00. The van der Waals surface area contributed by atoms with E-state index in [4.69, 9.17) is 0 Å². The largest absolute Gasteiger partial charge is 0.379 e. The van der Waals surface area contributed by atoms with Crippen LogP contribution in [0, 0.1) is 0 Å². The summed E-state index contributed by atoms with van der Waals surface area (Å²) >= 11 is 0. The third-order valence-corrected chi connectivity index (χ3v) is 2.61. The van der Waals surface area contributed by atoms with Crippen LogP contribution in [0.5, 0.6) is 0 Å². The van der Waals surface area contributed by atoms with E-state index >= 15 is 0 Å². The first-order valence-corrected chi connectivity index (χ1v) is 5.09. The van der Waals surface area contributed by atoms with Crippen molar-refractivity contribution in [1.29, 1.82) is 0 Å². The van der Waals surface area contributed by atoms with Crippen LogP contribution in [0.25, 0.3) is 0 Å². The maximum Gasteiger partial charge on any atom is 0.102 e. The maximum absolute atomic E-state index is 9.17. The lowest BCUT2D eigenvalue weighted by Crippen LogP contribution is -2.43. The summed E-state index contributed by atoms with van der Waals surface area (Å²) in [6.45, 7) is 10.7. The van der Waals surface area contributed by atoms with Crippen molar-refractivity contribution < 1.29 is 5.11 Å². The molecule has 0 aromatic heterocycles. The zero-order valence-electron chi connectivity index (χ0n) is 9.17. The van der Waals surface area contributed by atoms with Gasteiger partial charge in [0.15, 0.2) is 0 Å². The van der Waals surface area contributed by atoms with Crippen molar-refractivity contribution in [2.45, 2.75) is 51.9 Å². The molecule has 0 saturated carbocycles. The van der Waals surface area contributed by atoms with E-state index in [1.807, 2.05) is 0 Å². The fourth-order valence-electron chi connectivity index (χ4n) is 1.85. The average Bonchev–Trinajstić information content (AvgIpc) is 2.32. The Kier molecular flexibility index (Phi) is 3.33. The quantitative estimate of drug-likeness (QED) is 0.626. The van der Waals surface area contributed by atoms with Gasteiger partial charge in [-0.1, -0.05) is 0 Å². The summed E-state index contributed by atoms with van der Waals surface area (Å²) in [5.74, 6) is 0. The highest BCUT2D eigenvalue weighted by Crippen LogP contribution is 2.20. The highest BCUT2D eigenvalue weighted by molar-refractivity contribution is 4.88. The lowest BCUT2D eigenvalue weighted by molar-refractivity contribution is 0.130. The van der Waals surface area contributed by atoms with Crippen molar-refractivity contribution in [3.05, 3.63) is 0 Å². The molecule has 0 amide bonds. The minimum atomic E-state index is -0.384. The van der Waals surface area contributed by atoms with Gasteiger partial charge in [-0.3, -0.25) is 10.2 Å². The highest BCUT2D eigenvalue weighted by Gasteiger charge is 2.30. The van der Waals surface area contributed by atoms with Gasteiger partial charge < -0.3 is 5.11 Å². The van der Waals surface area contributed by atoms with Gasteiger partial charge in [0.2, 0.25) is 0 Å². The number of aliphatic hydroxyl groups is 1. The summed E-state index contributed by atoms with van der Waals surface area (Å²) in [5.41, 5.74) is 0.259. The SMILES string of the molecule is CC(O)NC1CCN(C(C)(C)C)C1. The van der Waals surface area contributed by atoms with Crippen molar-refractivity contribution in [3.63, 3.8) is 0 Å². The van der Waals surface area contributed by atoms with Crippen LogP contribution in [0.15, 0.2) is 0 Å². The number of hydrogen-bond acceptors (Lipinski definition) is 3. The van der Waals surface area contributed by atoms with Crippen molar-refractivity contribution in [2.75, 3.05) is 13.1 Å². The Balaban J connectivity index is 2.36. The van der Waals surface area contributed by atoms with Gasteiger partial charge in [-0.2, -0.15) is 0 Å². The number of nitrogens with zero attached hydrogens (tertiary/aromatic N) is 1. The van der Waals surface area contributed by atoms with Crippen LogP contribution in [0.1, 0.15) is 34.1 Å². The number of hydrogen-bond donors (Lipinski definition) is 2. The molecule has 13 heavy (non-hydrogen) atoms. The molecule has 0 bridgehead atoms. The highest BCUT2D eigenvalue weighted by atomic mass is 16.3. The molecule has 3 heteroatoms. The summed E-state index contributed by atoms with van der Waals surface area (Å²) in [4.78, 5) is 2.45. The summed E-state index contributed by atoms with van der Waals surface area (Å²) in [6.07, 6.45) is 0.757. The zero-order chi connectivity index (χ0) is 10.1. The lowest BCUT2D eigenvalue weighted by atomic mass is 10.1. The Morgan fingerprint density at radius 2 is 2.08 bits per heavy atom. The Morgan fingerprint density at radius 3 is 2.46 bits per heavy atom. The van der Waals surface area contributed by atoms with Gasteiger partial charge in [0.1, 0.15) is 6.23 Å². The topological polar surface area (TPSA) is 35.5 Å². The molecule has 0 radical (unpaired) electrons. The molecule has 2 unspecified atom stereocenters. The van der Waals surface area contributed by atoms with E-state index in [1.165, 1.54) is 0 Å². The van der Waals surface area contributed by atoms with Crippen LogP contribution in [0.2, 0.25) is 0 Å². The van der Waals surface area contributed by atoms with Crippen molar-refractivity contribution >= 4 is 0 Å². The first-order valence-electron chi connectivity index (χ1n) is 5.09. The van der Waals surface area contributed by atoms with Gasteiger partial charge in [-0.25, -0.2) is 0 Å². The Bertz CT molecular complexity index is 163. The first-order chi connectivity index (χ1) is 5.89. The van der Waals surface area contributed by atoms with Crippen molar-refractivity contribution in [1.82, 2.24) is 10.2 Å². The summed E-state index contributed by atoms with van der Waals surface area (Å²) in [7, 11) is 0. The molecule has 78 valence electrons. The molecule has 0 spiro atoms. The van der Waals surface area contributed by atoms with E-state index in [0.29, 0.717) is 6.04 Å². The van der Waals surface area contributed by atoms with Crippen LogP contribution in [-0.2, 0) is 0 Å². The molecule has 1 fully saturated rings. The van der Waals surface area contributed by atoms with E-state index < -0.39 is 0 Å². The van der Waals surface area contributed by atoms with Crippen LogP contribution in [0.4, 0.5) is 0 Å². The Labute approximate surface area is 81.1 Å².